The van der Waals surface area contributed by atoms with Crippen molar-refractivity contribution < 1.29 is 19.5 Å². The van der Waals surface area contributed by atoms with E-state index in [0.29, 0.717) is 25.9 Å². The van der Waals surface area contributed by atoms with Gasteiger partial charge in [-0.2, -0.15) is 0 Å². The standard InChI is InChI=1S/C20H26N2O4/c1-12-6-4-8-17(13(12)2)22-11-15(10-18(22)23)19(24)21-9-5-7-16(14(21)3)20(25)26/h4,6,8,14-16H,5,7,9-11H2,1-3H3,(H,25,26)/t14-,15?,16-/m1/s1. The van der Waals surface area contributed by atoms with Gasteiger partial charge in [0.1, 0.15) is 0 Å². The SMILES string of the molecule is Cc1cccc(N2CC(C(=O)N3CCC[C@@H](C(=O)O)[C@H]3C)CC2=O)c1C. The van der Waals surface area contributed by atoms with E-state index >= 15 is 0 Å². The summed E-state index contributed by atoms with van der Waals surface area (Å²) >= 11 is 0. The molecule has 1 aromatic carbocycles. The molecule has 2 amide bonds. The Labute approximate surface area is 153 Å². The second kappa shape index (κ2) is 7.09. The van der Waals surface area contributed by atoms with Gasteiger partial charge in [-0.15, -0.1) is 0 Å². The Morgan fingerprint density at radius 2 is 1.96 bits per heavy atom. The van der Waals surface area contributed by atoms with Crippen LogP contribution in [0.2, 0.25) is 0 Å². The van der Waals surface area contributed by atoms with E-state index in [1.54, 1.807) is 16.7 Å². The number of carboxylic acids is 1. The van der Waals surface area contributed by atoms with E-state index in [2.05, 4.69) is 0 Å². The topological polar surface area (TPSA) is 77.9 Å². The van der Waals surface area contributed by atoms with Crippen molar-refractivity contribution in [3.8, 4) is 0 Å². The predicted octanol–water partition coefficient (Wildman–Crippen LogP) is 2.37. The van der Waals surface area contributed by atoms with Crippen LogP contribution < -0.4 is 4.90 Å². The van der Waals surface area contributed by atoms with Gasteiger partial charge in [0.2, 0.25) is 11.8 Å². The highest BCUT2D eigenvalue weighted by Gasteiger charge is 2.42. The number of aliphatic carboxylic acids is 1. The van der Waals surface area contributed by atoms with Crippen LogP contribution in [0.1, 0.15) is 37.3 Å². The second-order valence-electron chi connectivity index (χ2n) is 7.48. The van der Waals surface area contributed by atoms with Crippen molar-refractivity contribution in [2.45, 2.75) is 46.1 Å². The maximum atomic E-state index is 13.0. The minimum atomic E-state index is -0.852. The van der Waals surface area contributed by atoms with E-state index in [4.69, 9.17) is 0 Å². The number of amides is 2. The van der Waals surface area contributed by atoms with Gasteiger partial charge in [0.15, 0.2) is 0 Å². The third-order valence-corrected chi connectivity index (χ3v) is 5.93. The lowest BCUT2D eigenvalue weighted by atomic mass is 9.89. The maximum Gasteiger partial charge on any atom is 0.308 e. The highest BCUT2D eigenvalue weighted by molar-refractivity contribution is 6.01. The lowest BCUT2D eigenvalue weighted by Crippen LogP contribution is -2.51. The first-order chi connectivity index (χ1) is 12.3. The summed E-state index contributed by atoms with van der Waals surface area (Å²) in [4.78, 5) is 40.3. The number of anilines is 1. The summed E-state index contributed by atoms with van der Waals surface area (Å²) in [6.45, 7) is 6.72. The van der Waals surface area contributed by atoms with Crippen LogP contribution in [0.5, 0.6) is 0 Å². The van der Waals surface area contributed by atoms with Crippen molar-refractivity contribution in [2.24, 2.45) is 11.8 Å². The van der Waals surface area contributed by atoms with E-state index in [1.165, 1.54) is 0 Å². The Kier molecular flexibility index (Phi) is 5.03. The van der Waals surface area contributed by atoms with Gasteiger partial charge in [0, 0.05) is 31.2 Å². The first-order valence-corrected chi connectivity index (χ1v) is 9.21. The second-order valence-corrected chi connectivity index (χ2v) is 7.48. The van der Waals surface area contributed by atoms with Crippen LogP contribution >= 0.6 is 0 Å². The van der Waals surface area contributed by atoms with Crippen molar-refractivity contribution in [1.82, 2.24) is 4.90 Å². The summed E-state index contributed by atoms with van der Waals surface area (Å²) < 4.78 is 0. The monoisotopic (exact) mass is 358 g/mol. The zero-order valence-corrected chi connectivity index (χ0v) is 15.6. The molecule has 0 aliphatic carbocycles. The number of hydrogen-bond acceptors (Lipinski definition) is 3. The third-order valence-electron chi connectivity index (χ3n) is 5.93. The average Bonchev–Trinajstić information content (AvgIpc) is 2.98. The van der Waals surface area contributed by atoms with Crippen molar-refractivity contribution >= 4 is 23.5 Å². The molecule has 1 N–H and O–H groups in total. The molecule has 0 spiro atoms. The number of aryl methyl sites for hydroxylation is 1. The summed E-state index contributed by atoms with van der Waals surface area (Å²) in [5, 5.41) is 9.36. The molecule has 2 heterocycles. The van der Waals surface area contributed by atoms with E-state index < -0.39 is 17.8 Å². The average molecular weight is 358 g/mol. The largest absolute Gasteiger partial charge is 0.481 e. The Hall–Kier alpha value is -2.37. The number of piperidine rings is 1. The van der Waals surface area contributed by atoms with E-state index in [0.717, 1.165) is 16.8 Å². The smallest absolute Gasteiger partial charge is 0.308 e. The molecule has 2 saturated heterocycles. The lowest BCUT2D eigenvalue weighted by Gasteiger charge is -2.38. The first kappa shape index (κ1) is 18.4. The van der Waals surface area contributed by atoms with Gasteiger partial charge < -0.3 is 14.9 Å². The number of likely N-dealkylation sites (tertiary alicyclic amines) is 1. The molecule has 2 aliphatic heterocycles. The molecule has 0 radical (unpaired) electrons. The number of carboxylic acid groups (broad SMARTS) is 1. The van der Waals surface area contributed by atoms with Crippen molar-refractivity contribution in [1.29, 1.82) is 0 Å². The summed E-state index contributed by atoms with van der Waals surface area (Å²) in [7, 11) is 0. The summed E-state index contributed by atoms with van der Waals surface area (Å²) in [5.41, 5.74) is 3.02. The molecule has 6 heteroatoms. The van der Waals surface area contributed by atoms with Crippen LogP contribution in [0.4, 0.5) is 5.69 Å². The fraction of sp³-hybridized carbons (Fsp3) is 0.550. The van der Waals surface area contributed by atoms with E-state index in [9.17, 15) is 19.5 Å². The molecule has 140 valence electrons. The molecule has 0 aromatic heterocycles. The van der Waals surface area contributed by atoms with Gasteiger partial charge in [-0.1, -0.05) is 12.1 Å². The van der Waals surface area contributed by atoms with Gasteiger partial charge in [0.25, 0.3) is 0 Å². The molecule has 3 rings (SSSR count). The summed E-state index contributed by atoms with van der Waals surface area (Å²) in [6.07, 6.45) is 1.47. The molecule has 3 atom stereocenters. The lowest BCUT2D eigenvalue weighted by molar-refractivity contribution is -0.150. The van der Waals surface area contributed by atoms with E-state index in [-0.39, 0.29) is 24.3 Å². The summed E-state index contributed by atoms with van der Waals surface area (Å²) in [5.74, 6) is -1.92. The van der Waals surface area contributed by atoms with Gasteiger partial charge >= 0.3 is 5.97 Å². The highest BCUT2D eigenvalue weighted by Crippen LogP contribution is 2.32. The molecule has 2 aliphatic rings. The van der Waals surface area contributed by atoms with Crippen LogP contribution in [-0.4, -0.2) is 46.9 Å². The van der Waals surface area contributed by atoms with Gasteiger partial charge in [-0.05, 0) is 50.8 Å². The van der Waals surface area contributed by atoms with Crippen molar-refractivity contribution in [3.63, 3.8) is 0 Å². The molecular formula is C20H26N2O4. The number of hydrogen-bond donors (Lipinski definition) is 1. The van der Waals surface area contributed by atoms with Crippen LogP contribution in [0.3, 0.4) is 0 Å². The molecule has 6 nitrogen and oxygen atoms in total. The number of benzene rings is 1. The molecule has 1 aromatic rings. The Morgan fingerprint density at radius 3 is 2.65 bits per heavy atom. The number of carbonyl (C=O) groups excluding carboxylic acids is 2. The zero-order chi connectivity index (χ0) is 19.0. The van der Waals surface area contributed by atoms with Gasteiger partial charge in [-0.25, -0.2) is 0 Å². The number of carbonyl (C=O) groups is 3. The molecule has 0 saturated carbocycles. The van der Waals surface area contributed by atoms with Gasteiger partial charge in [-0.3, -0.25) is 14.4 Å². The van der Waals surface area contributed by atoms with Crippen LogP contribution in [0.15, 0.2) is 18.2 Å². The highest BCUT2D eigenvalue weighted by atomic mass is 16.4. The van der Waals surface area contributed by atoms with Crippen LogP contribution in [-0.2, 0) is 14.4 Å². The molecule has 26 heavy (non-hydrogen) atoms. The fourth-order valence-corrected chi connectivity index (χ4v) is 4.15. The molecule has 0 bridgehead atoms. The quantitative estimate of drug-likeness (QED) is 0.900. The maximum absolute atomic E-state index is 13.0. The Morgan fingerprint density at radius 1 is 1.23 bits per heavy atom. The molecular weight excluding hydrogens is 332 g/mol. The number of rotatable bonds is 3. The fourth-order valence-electron chi connectivity index (χ4n) is 4.15. The zero-order valence-electron chi connectivity index (χ0n) is 15.6. The minimum absolute atomic E-state index is 0.0449. The van der Waals surface area contributed by atoms with Crippen LogP contribution in [0.25, 0.3) is 0 Å². The minimum Gasteiger partial charge on any atom is -0.481 e. The molecule has 1 unspecified atom stereocenters. The van der Waals surface area contributed by atoms with Crippen molar-refractivity contribution in [3.05, 3.63) is 29.3 Å². The normalized spacial score (nSPS) is 26.3. The number of nitrogens with zero attached hydrogens (tertiary/aromatic N) is 2. The van der Waals surface area contributed by atoms with E-state index in [1.807, 2.05) is 32.0 Å². The van der Waals surface area contributed by atoms with Gasteiger partial charge in [0.05, 0.1) is 11.8 Å². The van der Waals surface area contributed by atoms with Crippen molar-refractivity contribution in [2.75, 3.05) is 18.0 Å². The first-order valence-electron chi connectivity index (χ1n) is 9.21. The molecule has 2 fully saturated rings. The Balaban J connectivity index is 1.77. The Bertz CT molecular complexity index is 745. The summed E-state index contributed by atoms with van der Waals surface area (Å²) in [6, 6.07) is 5.50. The van der Waals surface area contributed by atoms with Crippen LogP contribution in [0, 0.1) is 25.7 Å². The third kappa shape index (κ3) is 3.20. The predicted molar refractivity (Wildman–Crippen MR) is 97.9 cm³/mol.